The van der Waals surface area contributed by atoms with Crippen LogP contribution in [0, 0.1) is 6.92 Å². The van der Waals surface area contributed by atoms with E-state index in [4.69, 9.17) is 9.47 Å². The van der Waals surface area contributed by atoms with Crippen LogP contribution in [0.2, 0.25) is 0 Å². The highest BCUT2D eigenvalue weighted by Gasteiger charge is 2.11. The summed E-state index contributed by atoms with van der Waals surface area (Å²) < 4.78 is 10.3. The fourth-order valence-corrected chi connectivity index (χ4v) is 3.26. The Kier molecular flexibility index (Phi) is 5.89. The van der Waals surface area contributed by atoms with Crippen molar-refractivity contribution in [2.45, 2.75) is 13.3 Å². The first kappa shape index (κ1) is 19.4. The van der Waals surface area contributed by atoms with Gasteiger partial charge in [-0.05, 0) is 48.7 Å². The summed E-state index contributed by atoms with van der Waals surface area (Å²) in [5.41, 5.74) is 4.07. The third kappa shape index (κ3) is 4.11. The number of nitrogens with one attached hydrogen (secondary N) is 2. The fourth-order valence-electron chi connectivity index (χ4n) is 3.26. The van der Waals surface area contributed by atoms with Gasteiger partial charge in [-0.1, -0.05) is 18.2 Å². The Hall–Kier alpha value is -3.41. The zero-order valence-corrected chi connectivity index (χ0v) is 16.2. The Bertz CT molecular complexity index is 1020. The molecule has 0 radical (unpaired) electrons. The monoisotopic (exact) mass is 380 g/mol. The largest absolute Gasteiger partial charge is 0.504 e. The van der Waals surface area contributed by atoms with Crippen LogP contribution in [0.1, 0.15) is 16.8 Å². The zero-order valence-electron chi connectivity index (χ0n) is 16.2. The number of hydrogen-bond donors (Lipinski definition) is 3. The lowest BCUT2D eigenvalue weighted by atomic mass is 10.1. The van der Waals surface area contributed by atoms with Crippen molar-refractivity contribution in [3.05, 3.63) is 59.3 Å². The number of para-hydroxylation sites is 1. The van der Waals surface area contributed by atoms with Gasteiger partial charge in [0.1, 0.15) is 0 Å². The van der Waals surface area contributed by atoms with Gasteiger partial charge in [0.15, 0.2) is 11.5 Å². The van der Waals surface area contributed by atoms with Crippen molar-refractivity contribution in [3.63, 3.8) is 0 Å². The number of methoxy groups -OCH3 is 2. The Morgan fingerprint density at radius 3 is 2.75 bits per heavy atom. The number of amides is 1. The van der Waals surface area contributed by atoms with Crippen molar-refractivity contribution in [2.75, 3.05) is 20.8 Å². The lowest BCUT2D eigenvalue weighted by Crippen LogP contribution is -2.23. The van der Waals surface area contributed by atoms with Crippen molar-refractivity contribution in [3.8, 4) is 17.2 Å². The van der Waals surface area contributed by atoms with E-state index in [0.717, 1.165) is 17.6 Å². The molecule has 3 aromatic rings. The molecule has 0 atom stereocenters. The first-order chi connectivity index (χ1) is 13.5. The molecule has 2 aromatic carbocycles. The van der Waals surface area contributed by atoms with E-state index >= 15 is 0 Å². The minimum Gasteiger partial charge on any atom is -0.504 e. The van der Waals surface area contributed by atoms with Gasteiger partial charge in [-0.15, -0.1) is 0 Å². The highest BCUT2D eigenvalue weighted by Crippen LogP contribution is 2.37. The number of fused-ring (bicyclic) bond motifs is 1. The van der Waals surface area contributed by atoms with Gasteiger partial charge >= 0.3 is 0 Å². The van der Waals surface area contributed by atoms with Gasteiger partial charge < -0.3 is 24.9 Å². The third-order valence-corrected chi connectivity index (χ3v) is 4.61. The van der Waals surface area contributed by atoms with Gasteiger partial charge in [0.25, 0.3) is 0 Å². The van der Waals surface area contributed by atoms with Crippen LogP contribution >= 0.6 is 0 Å². The lowest BCUT2D eigenvalue weighted by Gasteiger charge is -2.10. The zero-order chi connectivity index (χ0) is 20.1. The van der Waals surface area contributed by atoms with Crippen LogP contribution in [0.4, 0.5) is 0 Å². The summed E-state index contributed by atoms with van der Waals surface area (Å²) in [6.07, 6.45) is 3.79. The van der Waals surface area contributed by atoms with Gasteiger partial charge in [-0.3, -0.25) is 4.79 Å². The summed E-state index contributed by atoms with van der Waals surface area (Å²) in [5.74, 6) is 0.416. The van der Waals surface area contributed by atoms with Crippen LogP contribution < -0.4 is 14.8 Å². The smallest absolute Gasteiger partial charge is 0.244 e. The number of rotatable bonds is 7. The summed E-state index contributed by atoms with van der Waals surface area (Å²) in [7, 11) is 2.94. The molecule has 6 nitrogen and oxygen atoms in total. The molecule has 3 N–H and O–H groups in total. The number of aryl methyl sites for hydroxylation is 1. The Labute approximate surface area is 163 Å². The maximum Gasteiger partial charge on any atom is 0.244 e. The van der Waals surface area contributed by atoms with E-state index in [1.54, 1.807) is 12.1 Å². The number of phenolic OH excluding ortho intramolecular Hbond substituents is 1. The SMILES string of the molecule is COc1cc(C=CC(=O)NCCc2c(C)[nH]c3ccccc23)cc(O)c1OC. The average Bonchev–Trinajstić information content (AvgIpc) is 3.01. The Morgan fingerprint density at radius 1 is 1.21 bits per heavy atom. The van der Waals surface area contributed by atoms with Crippen LogP contribution in [-0.4, -0.2) is 36.8 Å². The number of aromatic hydroxyl groups is 1. The molecule has 1 aromatic heterocycles. The maximum atomic E-state index is 12.1. The Balaban J connectivity index is 1.61. The summed E-state index contributed by atoms with van der Waals surface area (Å²) in [6, 6.07) is 11.3. The van der Waals surface area contributed by atoms with E-state index in [-0.39, 0.29) is 17.4 Å². The van der Waals surface area contributed by atoms with Crippen LogP contribution in [0.25, 0.3) is 17.0 Å². The second-order valence-corrected chi connectivity index (χ2v) is 6.42. The number of ether oxygens (including phenoxy) is 2. The van der Waals surface area contributed by atoms with Gasteiger partial charge in [0.05, 0.1) is 14.2 Å². The van der Waals surface area contributed by atoms with Crippen LogP contribution in [0.3, 0.4) is 0 Å². The molecule has 1 amide bonds. The summed E-state index contributed by atoms with van der Waals surface area (Å²) in [6.45, 7) is 2.57. The molecular formula is C22H24N2O4. The number of hydrogen-bond acceptors (Lipinski definition) is 4. The van der Waals surface area contributed by atoms with Crippen molar-refractivity contribution in [1.29, 1.82) is 0 Å². The minimum atomic E-state index is -0.202. The van der Waals surface area contributed by atoms with Crippen LogP contribution in [0.15, 0.2) is 42.5 Å². The van der Waals surface area contributed by atoms with Crippen LogP contribution in [-0.2, 0) is 11.2 Å². The van der Waals surface area contributed by atoms with Gasteiger partial charge in [-0.25, -0.2) is 0 Å². The van der Waals surface area contributed by atoms with Crippen LogP contribution in [0.5, 0.6) is 17.2 Å². The molecule has 0 aliphatic carbocycles. The molecule has 6 heteroatoms. The highest BCUT2D eigenvalue weighted by atomic mass is 16.5. The first-order valence-corrected chi connectivity index (χ1v) is 9.00. The van der Waals surface area contributed by atoms with E-state index < -0.39 is 0 Å². The standard InChI is InChI=1S/C22H24N2O4/c1-14-16(17-6-4-5-7-18(17)24-14)10-11-23-21(26)9-8-15-12-19(25)22(28-3)20(13-15)27-2/h4-9,12-13,24-25H,10-11H2,1-3H3,(H,23,26). The fraction of sp³-hybridized carbons (Fsp3) is 0.227. The topological polar surface area (TPSA) is 83.6 Å². The number of benzene rings is 2. The van der Waals surface area contributed by atoms with Gasteiger partial charge in [0, 0.05) is 29.2 Å². The molecule has 1 heterocycles. The number of carbonyl (C=O) groups is 1. The second kappa shape index (κ2) is 8.52. The highest BCUT2D eigenvalue weighted by molar-refractivity contribution is 5.92. The summed E-state index contributed by atoms with van der Waals surface area (Å²) in [5, 5.41) is 14.1. The number of aromatic amines is 1. The number of phenols is 1. The van der Waals surface area contributed by atoms with Crippen molar-refractivity contribution < 1.29 is 19.4 Å². The second-order valence-electron chi connectivity index (χ2n) is 6.42. The molecule has 28 heavy (non-hydrogen) atoms. The average molecular weight is 380 g/mol. The molecule has 3 rings (SSSR count). The predicted octanol–water partition coefficient (Wildman–Crippen LogP) is 3.57. The van der Waals surface area contributed by atoms with Crippen molar-refractivity contribution in [1.82, 2.24) is 10.3 Å². The molecule has 146 valence electrons. The first-order valence-electron chi connectivity index (χ1n) is 9.00. The quantitative estimate of drug-likeness (QED) is 0.547. The molecule has 0 aliphatic rings. The van der Waals surface area contributed by atoms with E-state index in [1.807, 2.05) is 25.1 Å². The maximum absolute atomic E-state index is 12.1. The molecule has 0 fully saturated rings. The molecule has 0 aliphatic heterocycles. The van der Waals surface area contributed by atoms with E-state index in [0.29, 0.717) is 17.9 Å². The number of aromatic nitrogens is 1. The molecule has 0 unspecified atom stereocenters. The lowest BCUT2D eigenvalue weighted by molar-refractivity contribution is -0.116. The molecule has 0 saturated carbocycles. The van der Waals surface area contributed by atoms with E-state index in [9.17, 15) is 9.90 Å². The number of H-pyrrole nitrogens is 1. The molecule has 0 spiro atoms. The Morgan fingerprint density at radius 2 is 2.00 bits per heavy atom. The number of carbonyl (C=O) groups excluding carboxylic acids is 1. The normalized spacial score (nSPS) is 11.1. The van der Waals surface area contributed by atoms with Gasteiger partial charge in [0.2, 0.25) is 11.7 Å². The minimum absolute atomic E-state index is 0.0447. The third-order valence-electron chi connectivity index (χ3n) is 4.61. The van der Waals surface area contributed by atoms with E-state index in [2.05, 4.69) is 16.4 Å². The summed E-state index contributed by atoms with van der Waals surface area (Å²) in [4.78, 5) is 15.5. The molecular weight excluding hydrogens is 356 g/mol. The molecule has 0 saturated heterocycles. The molecule has 0 bridgehead atoms. The van der Waals surface area contributed by atoms with Crippen molar-refractivity contribution in [2.24, 2.45) is 0 Å². The van der Waals surface area contributed by atoms with Crippen molar-refractivity contribution >= 4 is 22.9 Å². The summed E-state index contributed by atoms with van der Waals surface area (Å²) >= 11 is 0. The predicted molar refractivity (Wildman–Crippen MR) is 110 cm³/mol. The van der Waals surface area contributed by atoms with E-state index in [1.165, 1.54) is 37.3 Å². The van der Waals surface area contributed by atoms with Gasteiger partial charge in [-0.2, -0.15) is 0 Å².